The third-order valence-electron chi connectivity index (χ3n) is 14.7. The molecule has 4 rings (SSSR count). The maximum Gasteiger partial charge on any atom is 0.410 e. The van der Waals surface area contributed by atoms with E-state index in [1.807, 2.05) is 32.0 Å². The molecule has 2 aliphatic heterocycles. The highest BCUT2D eigenvalue weighted by Crippen LogP contribution is 2.34. The van der Waals surface area contributed by atoms with E-state index < -0.39 is 127 Å². The summed E-state index contributed by atoms with van der Waals surface area (Å²) in [6, 6.07) is 9.05. The predicted octanol–water partition coefficient (Wildman–Crippen LogP) is 3.79. The highest BCUT2D eigenvalue weighted by Gasteiger charge is 2.49. The van der Waals surface area contributed by atoms with E-state index in [-0.39, 0.29) is 41.2 Å². The number of carbonyl (C=O) groups is 6. The number of carbonyl (C=O) groups excluding carboxylic acids is 5. The van der Waals surface area contributed by atoms with Gasteiger partial charge in [0.05, 0.1) is 54.5 Å². The molecule has 0 bridgehead atoms. The fourth-order valence-corrected chi connectivity index (χ4v) is 10.1. The van der Waals surface area contributed by atoms with Gasteiger partial charge < -0.3 is 69.7 Å². The summed E-state index contributed by atoms with van der Waals surface area (Å²) in [5.74, 6) is -5.32. The van der Waals surface area contributed by atoms with Gasteiger partial charge in [0.15, 0.2) is 6.10 Å². The second-order valence-electron chi connectivity index (χ2n) is 20.7. The Bertz CT molecular complexity index is 2360. The largest absolute Gasteiger partial charge is 0.479 e. The molecule has 15 atom stereocenters. The fraction of sp³-hybridized carbons (Fsp3) is 0.660. The molecule has 24 heteroatoms. The van der Waals surface area contributed by atoms with E-state index in [1.54, 1.807) is 65.6 Å². The van der Waals surface area contributed by atoms with Crippen LogP contribution < -0.4 is 15.4 Å². The maximum absolute atomic E-state index is 14.7. The number of hydrogen-bond acceptors (Lipinski definition) is 16. The molecule has 0 saturated carbocycles. The minimum Gasteiger partial charge on any atom is -0.479 e. The van der Waals surface area contributed by atoms with Gasteiger partial charge in [0.1, 0.15) is 42.8 Å². The molecular formula is C53H80N8O16. The van der Waals surface area contributed by atoms with Crippen molar-refractivity contribution in [1.29, 1.82) is 0 Å². The standard InChI is InChI=1S/C53H80N8O16/c1-13-29(6)41(37(73-11)25-38(62)61-23-17-20-35(61)46(74-12)30(7)48(67)55-31(8)42(63)33-18-15-14-16-19-33)59(9)50(69)39(27(2)3)56-49(68)40(28(4)5)60(10)53(72)75-26-32-21-22-36(34(24-32)57-58-54)76-52-45(66)43(64)44(65)47(77-52)51(70)71/h14-16,18-19,21-22,24,27-31,35,37,39-47,52,63-66H,13,17,20,23,25-26H2,1-12H3,(H,55,67)(H,56,68)(H,70,71)/t29-,30+,31+,35-,37+,39-,40-,41-,42+,43-,44-,45+,46+,47-,52+/m0/s1. The molecule has 5 amide bonds. The molecule has 24 nitrogen and oxygen atoms in total. The Morgan fingerprint density at radius 2 is 1.55 bits per heavy atom. The van der Waals surface area contributed by atoms with Crippen LogP contribution in [0.15, 0.2) is 53.6 Å². The summed E-state index contributed by atoms with van der Waals surface area (Å²) >= 11 is 0. The molecule has 0 unspecified atom stereocenters. The normalized spacial score (nSPS) is 23.0. The molecule has 7 N–H and O–H groups in total. The van der Waals surface area contributed by atoms with Crippen molar-refractivity contribution in [3.63, 3.8) is 0 Å². The molecule has 428 valence electrons. The van der Waals surface area contributed by atoms with E-state index in [9.17, 15) is 59.8 Å². The average Bonchev–Trinajstić information content (AvgIpc) is 3.89. The third kappa shape index (κ3) is 15.8. The van der Waals surface area contributed by atoms with Gasteiger partial charge in [-0.25, -0.2) is 9.59 Å². The number of likely N-dealkylation sites (tertiary alicyclic amines) is 1. The first kappa shape index (κ1) is 63.4. The molecule has 0 spiro atoms. The number of likely N-dealkylation sites (N-methyl/N-ethyl adjacent to an activating group) is 2. The molecule has 0 radical (unpaired) electrons. The molecule has 2 aliphatic rings. The number of benzene rings is 2. The Morgan fingerprint density at radius 1 is 0.883 bits per heavy atom. The topological polar surface area (TPSA) is 332 Å². The number of aliphatic carboxylic acids is 1. The number of aliphatic hydroxyl groups is 4. The van der Waals surface area contributed by atoms with Crippen molar-refractivity contribution in [3.05, 3.63) is 70.1 Å². The summed E-state index contributed by atoms with van der Waals surface area (Å²) in [7, 11) is 5.96. The van der Waals surface area contributed by atoms with E-state index in [4.69, 9.17) is 23.7 Å². The van der Waals surface area contributed by atoms with Crippen LogP contribution in [0, 0.1) is 23.7 Å². The lowest BCUT2D eigenvalue weighted by Crippen LogP contribution is -2.61. The molecule has 0 aliphatic carbocycles. The number of ether oxygens (including phenoxy) is 5. The smallest absolute Gasteiger partial charge is 0.410 e. The van der Waals surface area contributed by atoms with Gasteiger partial charge >= 0.3 is 12.1 Å². The maximum atomic E-state index is 14.7. The number of azide groups is 1. The summed E-state index contributed by atoms with van der Waals surface area (Å²) in [6.07, 6.45) is -11.1. The molecule has 0 aromatic heterocycles. The SMILES string of the molecule is CC[C@H](C)[C@@H]([C@@H](CC(=O)N1CCC[C@H]1[C@H](OC)[C@@H](C)C(=O)N[C@H](C)[C@@H](O)c1ccccc1)OC)N(C)C(=O)[C@@H](NC(=O)[C@H](C(C)C)N(C)C(=O)OCc1ccc(O[C@@H]2O[C@H](C(=O)O)[C@@H](O)[C@H](O)[C@H]2O)c(N=[N+]=[N-])c1)C(C)C. The quantitative estimate of drug-likeness (QED) is 0.0400. The monoisotopic (exact) mass is 1080 g/mol. The molecule has 77 heavy (non-hydrogen) atoms. The summed E-state index contributed by atoms with van der Waals surface area (Å²) in [5, 5.41) is 60.3. The van der Waals surface area contributed by atoms with Crippen LogP contribution in [-0.2, 0) is 49.5 Å². The van der Waals surface area contributed by atoms with Crippen LogP contribution in [-0.4, -0.2) is 184 Å². The number of nitrogens with one attached hydrogen (secondary N) is 2. The van der Waals surface area contributed by atoms with Gasteiger partial charge in [-0.05, 0) is 66.3 Å². The number of hydrogen-bond donors (Lipinski definition) is 7. The first-order chi connectivity index (χ1) is 36.3. The second-order valence-corrected chi connectivity index (χ2v) is 20.7. The minimum atomic E-state index is -1.96. The van der Waals surface area contributed by atoms with Crippen LogP contribution in [0.25, 0.3) is 10.4 Å². The Balaban J connectivity index is 1.45. The number of carboxylic acids is 1. The highest BCUT2D eigenvalue weighted by molar-refractivity contribution is 5.92. The zero-order valence-corrected chi connectivity index (χ0v) is 46.1. The molecule has 2 fully saturated rings. The van der Waals surface area contributed by atoms with Crippen LogP contribution in [0.3, 0.4) is 0 Å². The zero-order valence-electron chi connectivity index (χ0n) is 46.1. The summed E-state index contributed by atoms with van der Waals surface area (Å²) < 4.78 is 28.3. The average molecular weight is 1090 g/mol. The van der Waals surface area contributed by atoms with E-state index in [0.29, 0.717) is 31.4 Å². The van der Waals surface area contributed by atoms with Crippen LogP contribution >= 0.6 is 0 Å². The Labute approximate surface area is 449 Å². The fourth-order valence-electron chi connectivity index (χ4n) is 10.1. The van der Waals surface area contributed by atoms with Crippen LogP contribution in [0.4, 0.5) is 10.5 Å². The van der Waals surface area contributed by atoms with Gasteiger partial charge in [0.25, 0.3) is 0 Å². The minimum absolute atomic E-state index is 0.103. The van der Waals surface area contributed by atoms with Crippen LogP contribution in [0.2, 0.25) is 0 Å². The summed E-state index contributed by atoms with van der Waals surface area (Å²) in [6.45, 7) is 14.4. The number of aliphatic hydroxyl groups excluding tert-OH is 4. The van der Waals surface area contributed by atoms with E-state index >= 15 is 0 Å². The highest BCUT2D eigenvalue weighted by atomic mass is 16.7. The zero-order chi connectivity index (χ0) is 57.6. The Hall–Kier alpha value is -6.11. The van der Waals surface area contributed by atoms with Crippen molar-refractivity contribution < 1.29 is 78.0 Å². The molecule has 2 aromatic rings. The number of nitrogens with zero attached hydrogens (tertiary/aromatic N) is 6. The van der Waals surface area contributed by atoms with Gasteiger partial charge in [-0.3, -0.25) is 24.1 Å². The lowest BCUT2D eigenvalue weighted by Gasteiger charge is -2.41. The van der Waals surface area contributed by atoms with Gasteiger partial charge in [-0.1, -0.05) is 96.4 Å². The lowest BCUT2D eigenvalue weighted by atomic mass is 9.89. The van der Waals surface area contributed by atoms with Gasteiger partial charge in [0.2, 0.25) is 29.9 Å². The van der Waals surface area contributed by atoms with E-state index in [0.717, 1.165) is 4.90 Å². The van der Waals surface area contributed by atoms with Crippen molar-refractivity contribution in [2.45, 2.75) is 167 Å². The number of rotatable bonds is 26. The van der Waals surface area contributed by atoms with E-state index in [1.165, 1.54) is 44.4 Å². The first-order valence-electron chi connectivity index (χ1n) is 26.0. The van der Waals surface area contributed by atoms with E-state index in [2.05, 4.69) is 20.7 Å². The predicted molar refractivity (Wildman–Crippen MR) is 279 cm³/mol. The van der Waals surface area contributed by atoms with Gasteiger partial charge in [-0.2, -0.15) is 0 Å². The molecule has 2 aromatic carbocycles. The first-order valence-corrected chi connectivity index (χ1v) is 26.0. The Kier molecular flexibility index (Phi) is 23.9. The summed E-state index contributed by atoms with van der Waals surface area (Å²) in [5.41, 5.74) is 10.0. The third-order valence-corrected chi connectivity index (χ3v) is 14.7. The Morgan fingerprint density at radius 3 is 2.12 bits per heavy atom. The van der Waals surface area contributed by atoms with Gasteiger partial charge in [0, 0.05) is 39.8 Å². The van der Waals surface area contributed by atoms with Crippen LogP contribution in [0.5, 0.6) is 5.75 Å². The van der Waals surface area contributed by atoms with Gasteiger partial charge in [-0.15, -0.1) is 0 Å². The number of amides is 5. The van der Waals surface area contributed by atoms with Crippen molar-refractivity contribution in [3.8, 4) is 5.75 Å². The molecule has 2 saturated heterocycles. The number of methoxy groups -OCH3 is 2. The summed E-state index contributed by atoms with van der Waals surface area (Å²) in [4.78, 5) is 89.3. The number of carboxylic acid groups (broad SMARTS) is 1. The lowest BCUT2D eigenvalue weighted by molar-refractivity contribution is -0.271. The van der Waals surface area contributed by atoms with Crippen molar-refractivity contribution in [2.75, 3.05) is 34.9 Å². The molecular weight excluding hydrogens is 1000 g/mol. The molecule has 2 heterocycles. The van der Waals surface area contributed by atoms with Crippen molar-refractivity contribution in [1.82, 2.24) is 25.3 Å². The van der Waals surface area contributed by atoms with Crippen molar-refractivity contribution in [2.24, 2.45) is 28.8 Å². The van der Waals surface area contributed by atoms with Crippen molar-refractivity contribution >= 4 is 41.4 Å². The second kappa shape index (κ2) is 29.0. The van der Waals surface area contributed by atoms with Crippen LogP contribution in [0.1, 0.15) is 98.3 Å².